The first kappa shape index (κ1) is 13.4. The van der Waals surface area contributed by atoms with Crippen LogP contribution in [0.25, 0.3) is 0 Å². The van der Waals surface area contributed by atoms with Gasteiger partial charge in [0, 0.05) is 36.6 Å². The number of benzene rings is 1. The van der Waals surface area contributed by atoms with E-state index in [1.807, 2.05) is 18.2 Å². The predicted octanol–water partition coefficient (Wildman–Crippen LogP) is 2.09. The quantitative estimate of drug-likeness (QED) is 0.894. The molecule has 0 aromatic heterocycles. The van der Waals surface area contributed by atoms with Crippen molar-refractivity contribution in [1.29, 1.82) is 0 Å². The van der Waals surface area contributed by atoms with Crippen LogP contribution in [-0.2, 0) is 4.79 Å². The highest BCUT2D eigenvalue weighted by molar-refractivity contribution is 9.10. The lowest BCUT2D eigenvalue weighted by atomic mass is 10.1. The summed E-state index contributed by atoms with van der Waals surface area (Å²) in [5.74, 6) is -0.729. The summed E-state index contributed by atoms with van der Waals surface area (Å²) in [5, 5.41) is 12.1. The minimum atomic E-state index is -0.729. The van der Waals surface area contributed by atoms with Gasteiger partial charge in [-0.25, -0.2) is 0 Å². The Kier molecular flexibility index (Phi) is 4.60. The molecule has 1 fully saturated rings. The van der Waals surface area contributed by atoms with Gasteiger partial charge in [-0.1, -0.05) is 12.1 Å². The molecule has 0 aliphatic carbocycles. The molecule has 1 unspecified atom stereocenters. The second-order valence-electron chi connectivity index (χ2n) is 4.44. The van der Waals surface area contributed by atoms with E-state index in [0.717, 1.165) is 29.8 Å². The highest BCUT2D eigenvalue weighted by Gasteiger charge is 2.24. The van der Waals surface area contributed by atoms with E-state index in [2.05, 4.69) is 32.2 Å². The average Bonchev–Trinajstić information content (AvgIpc) is 2.37. The van der Waals surface area contributed by atoms with Crippen LogP contribution in [0.1, 0.15) is 12.8 Å². The fourth-order valence-corrected chi connectivity index (χ4v) is 2.82. The summed E-state index contributed by atoms with van der Waals surface area (Å²) < 4.78 is 1.06. The number of hydrogen-bond donors (Lipinski definition) is 2. The molecule has 0 radical (unpaired) electrons. The third kappa shape index (κ3) is 3.23. The van der Waals surface area contributed by atoms with E-state index in [-0.39, 0.29) is 12.5 Å². The van der Waals surface area contributed by atoms with Crippen LogP contribution in [0.5, 0.6) is 0 Å². The molecular formula is C13H17BrN2O2. The molecule has 98 valence electrons. The molecule has 1 aliphatic heterocycles. The highest BCUT2D eigenvalue weighted by atomic mass is 79.9. The van der Waals surface area contributed by atoms with E-state index >= 15 is 0 Å². The Hall–Kier alpha value is -1.07. The van der Waals surface area contributed by atoms with Crippen LogP contribution in [0.15, 0.2) is 28.7 Å². The number of hydrogen-bond acceptors (Lipinski definition) is 3. The summed E-state index contributed by atoms with van der Waals surface area (Å²) in [6.07, 6.45) is 0.886. The number of carboxylic acids is 1. The van der Waals surface area contributed by atoms with Crippen molar-refractivity contribution in [2.75, 3.05) is 24.5 Å². The third-order valence-corrected chi connectivity index (χ3v) is 3.87. The van der Waals surface area contributed by atoms with Crippen LogP contribution >= 0.6 is 15.9 Å². The summed E-state index contributed by atoms with van der Waals surface area (Å²) in [7, 11) is 0. The first-order valence-electron chi connectivity index (χ1n) is 6.12. The van der Waals surface area contributed by atoms with E-state index in [1.54, 1.807) is 0 Å². The van der Waals surface area contributed by atoms with E-state index in [1.165, 1.54) is 0 Å². The first-order valence-corrected chi connectivity index (χ1v) is 6.91. The Bertz CT molecular complexity index is 425. The third-order valence-electron chi connectivity index (χ3n) is 3.20. The summed E-state index contributed by atoms with van der Waals surface area (Å²) in [6.45, 7) is 2.69. The van der Waals surface area contributed by atoms with Crippen molar-refractivity contribution >= 4 is 27.6 Å². The van der Waals surface area contributed by atoms with Gasteiger partial charge in [0.05, 0.1) is 5.69 Å². The fourth-order valence-electron chi connectivity index (χ4n) is 2.31. The average molecular weight is 313 g/mol. The largest absolute Gasteiger partial charge is 0.481 e. The number of para-hydroxylation sites is 1. The molecule has 0 spiro atoms. The molecule has 0 amide bonds. The van der Waals surface area contributed by atoms with Crippen molar-refractivity contribution in [3.8, 4) is 0 Å². The Labute approximate surface area is 115 Å². The SMILES string of the molecule is O=C(O)CCC1CNCCN1c1ccccc1Br. The van der Waals surface area contributed by atoms with Gasteiger partial charge in [0.2, 0.25) is 0 Å². The molecule has 5 heteroatoms. The van der Waals surface area contributed by atoms with Gasteiger partial charge in [-0.3, -0.25) is 4.79 Å². The summed E-state index contributed by atoms with van der Waals surface area (Å²) in [4.78, 5) is 13.0. The van der Waals surface area contributed by atoms with Crippen molar-refractivity contribution in [3.63, 3.8) is 0 Å². The number of piperazine rings is 1. The Balaban J connectivity index is 2.12. The van der Waals surface area contributed by atoms with Crippen LogP contribution in [-0.4, -0.2) is 36.8 Å². The number of nitrogens with one attached hydrogen (secondary N) is 1. The molecule has 1 aromatic carbocycles. The van der Waals surface area contributed by atoms with Crippen LogP contribution in [0.4, 0.5) is 5.69 Å². The van der Waals surface area contributed by atoms with Gasteiger partial charge in [0.25, 0.3) is 0 Å². The van der Waals surface area contributed by atoms with E-state index in [4.69, 9.17) is 5.11 Å². The molecule has 1 aromatic rings. The number of aliphatic carboxylic acids is 1. The van der Waals surface area contributed by atoms with Crippen molar-refractivity contribution in [2.24, 2.45) is 0 Å². The molecule has 0 saturated carbocycles. The van der Waals surface area contributed by atoms with Crippen LogP contribution in [0.2, 0.25) is 0 Å². The second kappa shape index (κ2) is 6.20. The van der Waals surface area contributed by atoms with Crippen molar-refractivity contribution in [2.45, 2.75) is 18.9 Å². The number of anilines is 1. The molecule has 1 atom stereocenters. The number of carbonyl (C=O) groups is 1. The maximum Gasteiger partial charge on any atom is 0.303 e. The fraction of sp³-hybridized carbons (Fsp3) is 0.462. The molecule has 2 N–H and O–H groups in total. The number of halogens is 1. The molecule has 18 heavy (non-hydrogen) atoms. The van der Waals surface area contributed by atoms with Crippen molar-refractivity contribution in [3.05, 3.63) is 28.7 Å². The second-order valence-corrected chi connectivity index (χ2v) is 5.29. The summed E-state index contributed by atoms with van der Waals surface area (Å²) >= 11 is 3.56. The zero-order chi connectivity index (χ0) is 13.0. The summed E-state index contributed by atoms with van der Waals surface area (Å²) in [6, 6.07) is 8.33. The number of nitrogens with zero attached hydrogens (tertiary/aromatic N) is 1. The van der Waals surface area contributed by atoms with E-state index in [9.17, 15) is 4.79 Å². The molecule has 1 aliphatic rings. The standard InChI is InChI=1S/C13H17BrN2O2/c14-11-3-1-2-4-12(11)16-8-7-15-9-10(16)5-6-13(17)18/h1-4,10,15H,5-9H2,(H,17,18). The number of carboxylic acid groups (broad SMARTS) is 1. The zero-order valence-electron chi connectivity index (χ0n) is 10.1. The Morgan fingerprint density at radius 2 is 2.28 bits per heavy atom. The lowest BCUT2D eigenvalue weighted by Gasteiger charge is -2.38. The lowest BCUT2D eigenvalue weighted by Crippen LogP contribution is -2.51. The van der Waals surface area contributed by atoms with Crippen molar-refractivity contribution in [1.82, 2.24) is 5.32 Å². The van der Waals surface area contributed by atoms with Crippen LogP contribution in [0, 0.1) is 0 Å². The first-order chi connectivity index (χ1) is 8.68. The van der Waals surface area contributed by atoms with Gasteiger partial charge in [0.1, 0.15) is 0 Å². The smallest absolute Gasteiger partial charge is 0.303 e. The van der Waals surface area contributed by atoms with Gasteiger partial charge < -0.3 is 15.3 Å². The molecule has 2 rings (SSSR count). The minimum absolute atomic E-state index is 0.216. The normalized spacial score (nSPS) is 19.8. The van der Waals surface area contributed by atoms with Gasteiger partial charge in [-0.2, -0.15) is 0 Å². The Morgan fingerprint density at radius 3 is 3.00 bits per heavy atom. The van der Waals surface area contributed by atoms with Gasteiger partial charge in [0.15, 0.2) is 0 Å². The molecular weight excluding hydrogens is 296 g/mol. The maximum atomic E-state index is 10.7. The Morgan fingerprint density at radius 1 is 1.50 bits per heavy atom. The summed E-state index contributed by atoms with van der Waals surface area (Å²) in [5.41, 5.74) is 1.15. The van der Waals surface area contributed by atoms with Gasteiger partial charge in [-0.15, -0.1) is 0 Å². The van der Waals surface area contributed by atoms with Crippen LogP contribution < -0.4 is 10.2 Å². The predicted molar refractivity (Wildman–Crippen MR) is 75.0 cm³/mol. The molecule has 4 nitrogen and oxygen atoms in total. The van der Waals surface area contributed by atoms with Crippen molar-refractivity contribution < 1.29 is 9.90 Å². The lowest BCUT2D eigenvalue weighted by molar-refractivity contribution is -0.137. The molecule has 1 saturated heterocycles. The number of rotatable bonds is 4. The zero-order valence-corrected chi connectivity index (χ0v) is 11.7. The van der Waals surface area contributed by atoms with E-state index < -0.39 is 5.97 Å². The molecule has 1 heterocycles. The maximum absolute atomic E-state index is 10.7. The minimum Gasteiger partial charge on any atom is -0.481 e. The van der Waals surface area contributed by atoms with E-state index in [0.29, 0.717) is 6.42 Å². The monoisotopic (exact) mass is 312 g/mol. The van der Waals surface area contributed by atoms with Gasteiger partial charge in [-0.05, 0) is 34.5 Å². The molecule has 0 bridgehead atoms. The van der Waals surface area contributed by atoms with Crippen LogP contribution in [0.3, 0.4) is 0 Å². The topological polar surface area (TPSA) is 52.6 Å². The van der Waals surface area contributed by atoms with Gasteiger partial charge >= 0.3 is 5.97 Å². The highest BCUT2D eigenvalue weighted by Crippen LogP contribution is 2.28.